The number of amides is 1. The molecule has 0 aromatic carbocycles. The lowest BCUT2D eigenvalue weighted by atomic mass is 10.2. The van der Waals surface area contributed by atoms with Crippen molar-refractivity contribution in [1.29, 1.82) is 0 Å². The predicted molar refractivity (Wildman–Crippen MR) is 76.3 cm³/mol. The van der Waals surface area contributed by atoms with Gasteiger partial charge < -0.3 is 10.6 Å². The third-order valence-electron chi connectivity index (χ3n) is 3.88. The van der Waals surface area contributed by atoms with Crippen LogP contribution in [0.25, 0.3) is 0 Å². The van der Waals surface area contributed by atoms with Gasteiger partial charge in [-0.15, -0.1) is 0 Å². The van der Waals surface area contributed by atoms with E-state index in [1.165, 1.54) is 30.7 Å². The fourth-order valence-corrected chi connectivity index (χ4v) is 3.36. The van der Waals surface area contributed by atoms with E-state index < -0.39 is 0 Å². The Kier molecular flexibility index (Phi) is 3.45. The molecule has 2 N–H and O–H groups in total. The molecule has 104 valence electrons. The Morgan fingerprint density at radius 2 is 2.05 bits per heavy atom. The summed E-state index contributed by atoms with van der Waals surface area (Å²) in [7, 11) is 0. The maximum Gasteiger partial charge on any atom is 0.266 e. The minimum absolute atomic E-state index is 0.0952. The highest BCUT2D eigenvalue weighted by atomic mass is 32.1. The Labute approximate surface area is 117 Å². The minimum atomic E-state index is 0.0952. The molecule has 3 rings (SSSR count). The standard InChI is InChI=1S/C13H20N4OS/c1-9-11(19-13(14)15-9)12(18)17-6-4-16(5-7-17)8-10-2-3-10/h10H,2-8H2,1H3,(H2,14,15). The smallest absolute Gasteiger partial charge is 0.266 e. The molecule has 0 atom stereocenters. The number of nitrogens with zero attached hydrogens (tertiary/aromatic N) is 3. The van der Waals surface area contributed by atoms with Crippen molar-refractivity contribution < 1.29 is 4.79 Å². The maximum atomic E-state index is 12.4. The van der Waals surface area contributed by atoms with Gasteiger partial charge in [0.15, 0.2) is 5.13 Å². The molecule has 2 aliphatic rings. The van der Waals surface area contributed by atoms with Gasteiger partial charge in [0.25, 0.3) is 5.91 Å². The lowest BCUT2D eigenvalue weighted by Crippen LogP contribution is -2.49. The third kappa shape index (κ3) is 2.90. The molecule has 0 radical (unpaired) electrons. The van der Waals surface area contributed by atoms with E-state index in [0.717, 1.165) is 37.8 Å². The topological polar surface area (TPSA) is 62.5 Å². The first-order valence-corrected chi connectivity index (χ1v) is 7.69. The van der Waals surface area contributed by atoms with E-state index in [2.05, 4.69) is 9.88 Å². The number of carbonyl (C=O) groups excluding carboxylic acids is 1. The van der Waals surface area contributed by atoms with Crippen molar-refractivity contribution >= 4 is 22.4 Å². The molecule has 0 unspecified atom stereocenters. The van der Waals surface area contributed by atoms with Crippen LogP contribution in [-0.4, -0.2) is 53.4 Å². The molecule has 1 aromatic heterocycles. The summed E-state index contributed by atoms with van der Waals surface area (Å²) in [5, 5.41) is 0.480. The van der Waals surface area contributed by atoms with Crippen LogP contribution in [0.5, 0.6) is 0 Å². The molecular weight excluding hydrogens is 260 g/mol. The molecule has 1 aliphatic carbocycles. The van der Waals surface area contributed by atoms with Crippen molar-refractivity contribution in [2.75, 3.05) is 38.5 Å². The van der Waals surface area contributed by atoms with Crippen molar-refractivity contribution in [3.05, 3.63) is 10.6 Å². The number of nitrogens with two attached hydrogens (primary N) is 1. The van der Waals surface area contributed by atoms with Gasteiger partial charge in [-0.25, -0.2) is 4.98 Å². The van der Waals surface area contributed by atoms with Gasteiger partial charge in [0.2, 0.25) is 0 Å². The molecule has 1 saturated carbocycles. The Morgan fingerprint density at radius 1 is 1.37 bits per heavy atom. The Balaban J connectivity index is 1.58. The van der Waals surface area contributed by atoms with E-state index in [0.29, 0.717) is 10.0 Å². The zero-order chi connectivity index (χ0) is 13.4. The van der Waals surface area contributed by atoms with E-state index >= 15 is 0 Å². The van der Waals surface area contributed by atoms with Crippen LogP contribution < -0.4 is 5.73 Å². The Bertz CT molecular complexity index is 475. The summed E-state index contributed by atoms with van der Waals surface area (Å²) in [5.41, 5.74) is 6.42. The zero-order valence-corrected chi connectivity index (χ0v) is 12.1. The van der Waals surface area contributed by atoms with E-state index in [-0.39, 0.29) is 5.91 Å². The van der Waals surface area contributed by atoms with Gasteiger partial charge in [0, 0.05) is 32.7 Å². The lowest BCUT2D eigenvalue weighted by molar-refractivity contribution is 0.0636. The second kappa shape index (κ2) is 5.09. The molecule has 5 nitrogen and oxygen atoms in total. The summed E-state index contributed by atoms with van der Waals surface area (Å²) >= 11 is 1.30. The van der Waals surface area contributed by atoms with Gasteiger partial charge in [-0.05, 0) is 25.7 Å². The number of nitrogen functional groups attached to an aromatic ring is 1. The van der Waals surface area contributed by atoms with Crippen LogP contribution in [0.4, 0.5) is 5.13 Å². The third-order valence-corrected chi connectivity index (χ3v) is 4.85. The fraction of sp³-hybridized carbons (Fsp3) is 0.692. The Hall–Kier alpha value is -1.14. The monoisotopic (exact) mass is 280 g/mol. The van der Waals surface area contributed by atoms with Gasteiger partial charge in [-0.1, -0.05) is 11.3 Å². The second-order valence-electron chi connectivity index (χ2n) is 5.50. The highest BCUT2D eigenvalue weighted by Gasteiger charge is 2.28. The van der Waals surface area contributed by atoms with Gasteiger partial charge in [-0.2, -0.15) is 0 Å². The van der Waals surface area contributed by atoms with Crippen LogP contribution in [0, 0.1) is 12.8 Å². The van der Waals surface area contributed by atoms with Gasteiger partial charge in [0.1, 0.15) is 4.88 Å². The SMILES string of the molecule is Cc1nc(N)sc1C(=O)N1CCN(CC2CC2)CC1. The van der Waals surface area contributed by atoms with Gasteiger partial charge >= 0.3 is 0 Å². The molecule has 19 heavy (non-hydrogen) atoms. The highest BCUT2D eigenvalue weighted by Crippen LogP contribution is 2.30. The number of aryl methyl sites for hydroxylation is 1. The first-order valence-electron chi connectivity index (χ1n) is 6.88. The predicted octanol–water partition coefficient (Wildman–Crippen LogP) is 1.20. The molecule has 2 heterocycles. The van der Waals surface area contributed by atoms with E-state index in [1.807, 2.05) is 11.8 Å². The summed E-state index contributed by atoms with van der Waals surface area (Å²) < 4.78 is 0. The largest absolute Gasteiger partial charge is 0.375 e. The second-order valence-corrected chi connectivity index (χ2v) is 6.53. The number of aromatic nitrogens is 1. The Morgan fingerprint density at radius 3 is 2.58 bits per heavy atom. The molecule has 1 aliphatic heterocycles. The highest BCUT2D eigenvalue weighted by molar-refractivity contribution is 7.17. The molecule has 0 spiro atoms. The van der Waals surface area contributed by atoms with Crippen molar-refractivity contribution in [1.82, 2.24) is 14.8 Å². The van der Waals surface area contributed by atoms with Gasteiger partial charge in [0.05, 0.1) is 5.69 Å². The number of hydrogen-bond acceptors (Lipinski definition) is 5. The average molecular weight is 280 g/mol. The number of hydrogen-bond donors (Lipinski definition) is 1. The van der Waals surface area contributed by atoms with Crippen molar-refractivity contribution in [2.24, 2.45) is 5.92 Å². The van der Waals surface area contributed by atoms with Crippen LogP contribution in [0.3, 0.4) is 0 Å². The van der Waals surface area contributed by atoms with E-state index in [4.69, 9.17) is 5.73 Å². The maximum absolute atomic E-state index is 12.4. The first-order chi connectivity index (χ1) is 9.13. The van der Waals surface area contributed by atoms with Crippen LogP contribution >= 0.6 is 11.3 Å². The van der Waals surface area contributed by atoms with E-state index in [9.17, 15) is 4.79 Å². The van der Waals surface area contributed by atoms with Gasteiger partial charge in [-0.3, -0.25) is 9.69 Å². The quantitative estimate of drug-likeness (QED) is 0.904. The van der Waals surface area contributed by atoms with Crippen LogP contribution in [-0.2, 0) is 0 Å². The molecule has 2 fully saturated rings. The summed E-state index contributed by atoms with van der Waals surface area (Å²) in [4.78, 5) is 21.6. The van der Waals surface area contributed by atoms with Crippen molar-refractivity contribution in [3.8, 4) is 0 Å². The van der Waals surface area contributed by atoms with Crippen molar-refractivity contribution in [2.45, 2.75) is 19.8 Å². The number of anilines is 1. The number of thiazole rings is 1. The summed E-state index contributed by atoms with van der Waals surface area (Å²) in [6.45, 7) is 6.70. The number of carbonyl (C=O) groups is 1. The normalized spacial score (nSPS) is 20.8. The summed E-state index contributed by atoms with van der Waals surface area (Å²) in [5.74, 6) is 1.02. The molecule has 1 aromatic rings. The lowest BCUT2D eigenvalue weighted by Gasteiger charge is -2.34. The van der Waals surface area contributed by atoms with Crippen LogP contribution in [0.2, 0.25) is 0 Å². The van der Waals surface area contributed by atoms with Crippen LogP contribution in [0.1, 0.15) is 28.2 Å². The number of rotatable bonds is 3. The van der Waals surface area contributed by atoms with Crippen LogP contribution in [0.15, 0.2) is 0 Å². The first kappa shape index (κ1) is 12.9. The zero-order valence-electron chi connectivity index (χ0n) is 11.3. The molecular formula is C13H20N4OS. The molecule has 1 saturated heterocycles. The summed E-state index contributed by atoms with van der Waals surface area (Å²) in [6, 6.07) is 0. The molecule has 0 bridgehead atoms. The van der Waals surface area contributed by atoms with E-state index in [1.54, 1.807) is 0 Å². The molecule has 6 heteroatoms. The minimum Gasteiger partial charge on any atom is -0.375 e. The average Bonchev–Trinajstić information content (AvgIpc) is 3.13. The van der Waals surface area contributed by atoms with Crippen molar-refractivity contribution in [3.63, 3.8) is 0 Å². The summed E-state index contributed by atoms with van der Waals surface area (Å²) in [6.07, 6.45) is 2.77. The molecule has 1 amide bonds. The number of piperazine rings is 1. The fourth-order valence-electron chi connectivity index (χ4n) is 2.56.